The maximum Gasteiger partial charge on any atom is 0.199 e. The minimum Gasteiger partial charge on any atom is -0.485 e. The average Bonchev–Trinajstić information content (AvgIpc) is 2.99. The van der Waals surface area contributed by atoms with Gasteiger partial charge in [-0.3, -0.25) is 9.67 Å². The number of nitrogens with zero attached hydrogens (tertiary/aromatic N) is 3. The van der Waals surface area contributed by atoms with Crippen molar-refractivity contribution in [3.05, 3.63) is 68.1 Å². The van der Waals surface area contributed by atoms with Gasteiger partial charge >= 0.3 is 0 Å². The lowest BCUT2D eigenvalue weighted by Crippen LogP contribution is -2.08. The van der Waals surface area contributed by atoms with Crippen LogP contribution < -0.4 is 4.74 Å². The van der Waals surface area contributed by atoms with Crippen molar-refractivity contribution < 1.29 is 4.74 Å². The number of aromatic nitrogens is 3. The van der Waals surface area contributed by atoms with Gasteiger partial charge in [-0.2, -0.15) is 5.10 Å². The van der Waals surface area contributed by atoms with Gasteiger partial charge in [0.2, 0.25) is 0 Å². The third-order valence-electron chi connectivity index (χ3n) is 4.61. The maximum atomic E-state index is 11.0. The van der Waals surface area contributed by atoms with E-state index in [9.17, 15) is 4.91 Å². The highest BCUT2D eigenvalue weighted by atomic mass is 32.1. The molecule has 0 aliphatic rings. The van der Waals surface area contributed by atoms with E-state index in [2.05, 4.69) is 61.3 Å². The lowest BCUT2D eigenvalue weighted by atomic mass is 9.99. The number of nitrogens with one attached hydrogen (secondary N) is 1. The van der Waals surface area contributed by atoms with Gasteiger partial charge in [-0.25, -0.2) is 0 Å². The fourth-order valence-corrected chi connectivity index (χ4v) is 3.53. The third kappa shape index (κ3) is 4.04. The normalized spacial score (nSPS) is 11.1. The van der Waals surface area contributed by atoms with Crippen LogP contribution in [0.5, 0.6) is 5.75 Å². The lowest BCUT2D eigenvalue weighted by Gasteiger charge is -2.16. The van der Waals surface area contributed by atoms with E-state index in [1.165, 1.54) is 0 Å². The van der Waals surface area contributed by atoms with Gasteiger partial charge < -0.3 is 4.74 Å². The van der Waals surface area contributed by atoms with Gasteiger partial charge in [0.25, 0.3) is 0 Å². The smallest absolute Gasteiger partial charge is 0.199 e. The summed E-state index contributed by atoms with van der Waals surface area (Å²) < 4.78 is 8.51. The van der Waals surface area contributed by atoms with Gasteiger partial charge in [0.1, 0.15) is 18.0 Å². The quantitative estimate of drug-likeness (QED) is 0.412. The Labute approximate surface area is 169 Å². The van der Waals surface area contributed by atoms with Gasteiger partial charge in [-0.15, -0.1) is 4.91 Å². The van der Waals surface area contributed by atoms with Crippen molar-refractivity contribution in [2.24, 2.45) is 5.18 Å². The number of ether oxygens (including phenoxy) is 1. The van der Waals surface area contributed by atoms with Gasteiger partial charge in [-0.05, 0) is 90.6 Å². The zero-order valence-corrected chi connectivity index (χ0v) is 17.6. The fraction of sp³-hybridized carbons (Fsp3) is 0.333. The zero-order valence-electron chi connectivity index (χ0n) is 16.7. The Bertz CT molecular complexity index is 1060. The highest BCUT2D eigenvalue weighted by Crippen LogP contribution is 2.34. The first kappa shape index (κ1) is 19.9. The van der Waals surface area contributed by atoms with Crippen molar-refractivity contribution in [1.82, 2.24) is 14.8 Å². The predicted octanol–water partition coefficient (Wildman–Crippen LogP) is 5.96. The maximum absolute atomic E-state index is 11.0. The molecule has 0 spiro atoms. The second-order valence-electron chi connectivity index (χ2n) is 7.34. The number of aryl methyl sites for hydroxylation is 3. The topological polar surface area (TPSA) is 72.3 Å². The second-order valence-corrected chi connectivity index (χ2v) is 7.72. The number of nitroso groups, excluding NO2 is 1. The monoisotopic (exact) mass is 396 g/mol. The molecule has 0 saturated carbocycles. The predicted molar refractivity (Wildman–Crippen MR) is 113 cm³/mol. The molecule has 3 aromatic rings. The molecule has 2 aromatic carbocycles. The van der Waals surface area contributed by atoms with Crippen molar-refractivity contribution in [1.29, 1.82) is 0 Å². The Morgan fingerprint density at radius 1 is 1.14 bits per heavy atom. The molecule has 7 heteroatoms. The first-order chi connectivity index (χ1) is 13.3. The third-order valence-corrected chi connectivity index (χ3v) is 4.89. The summed E-state index contributed by atoms with van der Waals surface area (Å²) in [6.45, 7) is 10.3. The number of aromatic amines is 1. The molecule has 0 radical (unpaired) electrons. The molecule has 1 N–H and O–H groups in total. The molecule has 1 heterocycles. The van der Waals surface area contributed by atoms with Gasteiger partial charge in [0.05, 0.1) is 5.69 Å². The molecule has 0 amide bonds. The van der Waals surface area contributed by atoms with E-state index in [4.69, 9.17) is 17.0 Å². The largest absolute Gasteiger partial charge is 0.485 e. The van der Waals surface area contributed by atoms with Crippen LogP contribution in [0, 0.1) is 30.4 Å². The van der Waals surface area contributed by atoms with E-state index in [0.29, 0.717) is 16.3 Å². The molecule has 1 aromatic heterocycles. The summed E-state index contributed by atoms with van der Waals surface area (Å²) in [6, 6.07) is 9.90. The Kier molecular flexibility index (Phi) is 5.74. The van der Waals surface area contributed by atoms with E-state index >= 15 is 0 Å². The molecule has 146 valence electrons. The Morgan fingerprint density at radius 2 is 1.82 bits per heavy atom. The number of hydrogen-bond acceptors (Lipinski definition) is 5. The van der Waals surface area contributed by atoms with E-state index in [-0.39, 0.29) is 12.5 Å². The fourth-order valence-electron chi connectivity index (χ4n) is 3.28. The minimum atomic E-state index is 0.191. The van der Waals surface area contributed by atoms with Crippen LogP contribution in [0.1, 0.15) is 47.8 Å². The first-order valence-electron chi connectivity index (χ1n) is 9.15. The summed E-state index contributed by atoms with van der Waals surface area (Å²) in [6.07, 6.45) is 0. The molecular formula is C21H24N4O2S. The molecule has 0 bridgehead atoms. The highest BCUT2D eigenvalue weighted by Gasteiger charge is 2.15. The van der Waals surface area contributed by atoms with Gasteiger partial charge in [-0.1, -0.05) is 19.9 Å². The van der Waals surface area contributed by atoms with E-state index in [0.717, 1.165) is 33.7 Å². The molecule has 0 aliphatic heterocycles. The van der Waals surface area contributed by atoms with Crippen molar-refractivity contribution in [3.8, 4) is 11.4 Å². The van der Waals surface area contributed by atoms with Crippen LogP contribution in [0.2, 0.25) is 0 Å². The molecule has 28 heavy (non-hydrogen) atoms. The van der Waals surface area contributed by atoms with Crippen molar-refractivity contribution in [2.75, 3.05) is 0 Å². The summed E-state index contributed by atoms with van der Waals surface area (Å²) >= 11 is 5.44. The summed E-state index contributed by atoms with van der Waals surface area (Å²) in [5, 5.41) is 10.3. The summed E-state index contributed by atoms with van der Waals surface area (Å²) in [7, 11) is 0. The molecular weight excluding hydrogens is 372 g/mol. The average molecular weight is 397 g/mol. The Hall–Kier alpha value is -2.80. The minimum absolute atomic E-state index is 0.191. The Balaban J connectivity index is 1.96. The first-order valence-corrected chi connectivity index (χ1v) is 9.56. The molecule has 0 atom stereocenters. The molecule has 6 nitrogen and oxygen atoms in total. The molecule has 3 rings (SSSR count). The van der Waals surface area contributed by atoms with Crippen molar-refractivity contribution in [3.63, 3.8) is 0 Å². The van der Waals surface area contributed by atoms with Crippen LogP contribution in [0.25, 0.3) is 5.69 Å². The second kappa shape index (κ2) is 8.06. The van der Waals surface area contributed by atoms with Crippen molar-refractivity contribution >= 4 is 17.9 Å². The van der Waals surface area contributed by atoms with Crippen LogP contribution in [-0.4, -0.2) is 14.8 Å². The molecule has 0 unspecified atom stereocenters. The Morgan fingerprint density at radius 3 is 2.43 bits per heavy atom. The lowest BCUT2D eigenvalue weighted by molar-refractivity contribution is 0.289. The number of rotatable bonds is 6. The van der Waals surface area contributed by atoms with Crippen LogP contribution in [0.15, 0.2) is 35.5 Å². The van der Waals surface area contributed by atoms with E-state index in [1.54, 1.807) is 6.07 Å². The molecule has 0 aliphatic carbocycles. The standard InChI is InChI=1S/C21H24N4O2S/c1-12(2)17-10-18(24-26)15(5)9-19(17)27-11-20-22-23-21(28)25(20)16-7-13(3)6-14(4)8-16/h6-10,12H,11H2,1-5H3,(H,23,28). The highest BCUT2D eigenvalue weighted by molar-refractivity contribution is 7.71. The van der Waals surface area contributed by atoms with Crippen LogP contribution in [0.4, 0.5) is 5.69 Å². The molecule has 0 saturated heterocycles. The number of H-pyrrole nitrogens is 1. The summed E-state index contributed by atoms with van der Waals surface area (Å²) in [5.74, 6) is 1.59. The van der Waals surface area contributed by atoms with Gasteiger partial charge in [0.15, 0.2) is 10.6 Å². The zero-order chi connectivity index (χ0) is 20.4. The molecule has 0 fully saturated rings. The van der Waals surface area contributed by atoms with Crippen LogP contribution in [-0.2, 0) is 6.61 Å². The van der Waals surface area contributed by atoms with Crippen LogP contribution in [0.3, 0.4) is 0 Å². The number of benzene rings is 2. The summed E-state index contributed by atoms with van der Waals surface area (Å²) in [5.41, 5.74) is 5.42. The van der Waals surface area contributed by atoms with Crippen molar-refractivity contribution in [2.45, 2.75) is 47.1 Å². The number of hydrogen-bond donors (Lipinski definition) is 1. The van der Waals surface area contributed by atoms with E-state index < -0.39 is 0 Å². The SMILES string of the molecule is Cc1cc(C)cc(-n2c(COc3cc(C)c(N=O)cc3C(C)C)n[nH]c2=S)c1. The van der Waals surface area contributed by atoms with E-state index in [1.807, 2.05) is 17.6 Å². The summed E-state index contributed by atoms with van der Waals surface area (Å²) in [4.78, 5) is 11.0. The van der Waals surface area contributed by atoms with Gasteiger partial charge in [0, 0.05) is 0 Å². The van der Waals surface area contributed by atoms with Crippen LogP contribution >= 0.6 is 12.2 Å².